The summed E-state index contributed by atoms with van der Waals surface area (Å²) in [5, 5.41) is 19.1. The summed E-state index contributed by atoms with van der Waals surface area (Å²) in [6, 6.07) is 14.6. The van der Waals surface area contributed by atoms with Crippen LogP contribution in [0.25, 0.3) is 5.65 Å². The Balaban J connectivity index is 1.77. The SMILES string of the molecule is CCN(CC)C(CNc1ccc2nnnn2n1)c1ccccc1. The maximum absolute atomic E-state index is 4.36. The lowest BCUT2D eigenvalue weighted by molar-refractivity contribution is 0.228. The van der Waals surface area contributed by atoms with Crippen molar-refractivity contribution < 1.29 is 0 Å². The maximum Gasteiger partial charge on any atom is 0.200 e. The van der Waals surface area contributed by atoms with Crippen LogP contribution in [0.5, 0.6) is 0 Å². The summed E-state index contributed by atoms with van der Waals surface area (Å²) in [7, 11) is 0. The van der Waals surface area contributed by atoms with E-state index in [0.717, 1.165) is 25.5 Å². The lowest BCUT2D eigenvalue weighted by atomic mass is 10.1. The Morgan fingerprint density at radius 3 is 2.61 bits per heavy atom. The van der Waals surface area contributed by atoms with Gasteiger partial charge in [-0.3, -0.25) is 4.90 Å². The third-order valence-electron chi connectivity index (χ3n) is 3.98. The average Bonchev–Trinajstić information content (AvgIpc) is 3.07. The van der Waals surface area contributed by atoms with Gasteiger partial charge in [-0.25, -0.2) is 0 Å². The van der Waals surface area contributed by atoms with Crippen molar-refractivity contribution in [1.29, 1.82) is 0 Å². The summed E-state index contributed by atoms with van der Waals surface area (Å²) in [5.74, 6) is 0.762. The molecule has 0 radical (unpaired) electrons. The van der Waals surface area contributed by atoms with Crippen LogP contribution in [0.4, 0.5) is 5.82 Å². The van der Waals surface area contributed by atoms with Crippen LogP contribution >= 0.6 is 0 Å². The van der Waals surface area contributed by atoms with Crippen molar-refractivity contribution in [3.05, 3.63) is 48.0 Å². The van der Waals surface area contributed by atoms with Crippen LogP contribution in [0, 0.1) is 0 Å². The zero-order valence-electron chi connectivity index (χ0n) is 13.4. The molecule has 3 rings (SSSR count). The standard InChI is InChI=1S/C16H21N7/c1-3-22(4-2)14(13-8-6-5-7-9-13)12-17-15-10-11-16-18-20-21-23(16)19-15/h5-11,14H,3-4,12H2,1-2H3,(H,17,19). The molecule has 0 saturated heterocycles. The third-order valence-corrected chi connectivity index (χ3v) is 3.98. The highest BCUT2D eigenvalue weighted by atomic mass is 15.6. The fourth-order valence-electron chi connectivity index (χ4n) is 2.74. The molecule has 1 N–H and O–H groups in total. The van der Waals surface area contributed by atoms with Crippen LogP contribution in [-0.2, 0) is 0 Å². The molecule has 120 valence electrons. The fraction of sp³-hybridized carbons (Fsp3) is 0.375. The molecule has 0 aliphatic heterocycles. The minimum Gasteiger partial charge on any atom is -0.367 e. The molecule has 7 heteroatoms. The second-order valence-corrected chi connectivity index (χ2v) is 5.27. The number of hydrogen-bond acceptors (Lipinski definition) is 6. The number of anilines is 1. The Bertz CT molecular complexity index is 736. The predicted molar refractivity (Wildman–Crippen MR) is 89.2 cm³/mol. The Labute approximate surface area is 135 Å². The van der Waals surface area contributed by atoms with Gasteiger partial charge in [0.2, 0.25) is 0 Å². The molecular formula is C16H21N7. The zero-order chi connectivity index (χ0) is 16.1. The van der Waals surface area contributed by atoms with Crippen molar-refractivity contribution in [2.45, 2.75) is 19.9 Å². The van der Waals surface area contributed by atoms with Crippen LogP contribution < -0.4 is 5.32 Å². The number of fused-ring (bicyclic) bond motifs is 1. The summed E-state index contributed by atoms with van der Waals surface area (Å²) in [6.45, 7) is 7.14. The molecule has 1 aromatic carbocycles. The van der Waals surface area contributed by atoms with Crippen LogP contribution in [0.3, 0.4) is 0 Å². The zero-order valence-corrected chi connectivity index (χ0v) is 13.4. The predicted octanol–water partition coefficient (Wildman–Crippen LogP) is 2.01. The first kappa shape index (κ1) is 15.4. The summed E-state index contributed by atoms with van der Waals surface area (Å²) in [6.07, 6.45) is 0. The molecule has 0 bridgehead atoms. The highest BCUT2D eigenvalue weighted by Gasteiger charge is 2.17. The first-order valence-corrected chi connectivity index (χ1v) is 7.90. The van der Waals surface area contributed by atoms with Gasteiger partial charge in [0.05, 0.1) is 6.04 Å². The molecule has 0 aliphatic rings. The first-order chi connectivity index (χ1) is 11.3. The van der Waals surface area contributed by atoms with Crippen molar-refractivity contribution in [1.82, 2.24) is 30.2 Å². The monoisotopic (exact) mass is 311 g/mol. The summed E-state index contributed by atoms with van der Waals surface area (Å²) in [5.41, 5.74) is 1.94. The number of rotatable bonds is 7. The van der Waals surface area contributed by atoms with E-state index in [2.05, 4.69) is 69.0 Å². The first-order valence-electron chi connectivity index (χ1n) is 7.90. The van der Waals surface area contributed by atoms with Crippen molar-refractivity contribution in [3.8, 4) is 0 Å². The van der Waals surface area contributed by atoms with E-state index in [1.54, 1.807) is 0 Å². The van der Waals surface area contributed by atoms with Gasteiger partial charge in [0.25, 0.3) is 0 Å². The molecule has 2 heterocycles. The number of nitrogens with zero attached hydrogens (tertiary/aromatic N) is 6. The van der Waals surface area contributed by atoms with E-state index >= 15 is 0 Å². The van der Waals surface area contributed by atoms with E-state index in [9.17, 15) is 0 Å². The Morgan fingerprint density at radius 1 is 1.09 bits per heavy atom. The van der Waals surface area contributed by atoms with Gasteiger partial charge >= 0.3 is 0 Å². The second kappa shape index (κ2) is 7.15. The van der Waals surface area contributed by atoms with Gasteiger partial charge < -0.3 is 5.32 Å². The van der Waals surface area contributed by atoms with Crippen LogP contribution in [-0.4, -0.2) is 49.8 Å². The van der Waals surface area contributed by atoms with Gasteiger partial charge in [0, 0.05) is 6.54 Å². The van der Waals surface area contributed by atoms with E-state index in [4.69, 9.17) is 0 Å². The largest absolute Gasteiger partial charge is 0.367 e. The summed E-state index contributed by atoms with van der Waals surface area (Å²) >= 11 is 0. The normalized spacial score (nSPS) is 12.7. The molecular weight excluding hydrogens is 290 g/mol. The molecule has 1 unspecified atom stereocenters. The number of nitrogens with one attached hydrogen (secondary N) is 1. The van der Waals surface area contributed by atoms with E-state index in [-0.39, 0.29) is 6.04 Å². The molecule has 0 spiro atoms. The molecule has 23 heavy (non-hydrogen) atoms. The average molecular weight is 311 g/mol. The van der Waals surface area contributed by atoms with Crippen LogP contribution in [0.15, 0.2) is 42.5 Å². The third kappa shape index (κ3) is 3.45. The van der Waals surface area contributed by atoms with E-state index < -0.39 is 0 Å². The lowest BCUT2D eigenvalue weighted by Crippen LogP contribution is -2.33. The van der Waals surface area contributed by atoms with Crippen molar-refractivity contribution in [2.75, 3.05) is 25.0 Å². The van der Waals surface area contributed by atoms with Gasteiger partial charge in [-0.15, -0.1) is 14.8 Å². The summed E-state index contributed by atoms with van der Waals surface area (Å²) in [4.78, 5) is 2.43. The minimum atomic E-state index is 0.289. The molecule has 3 aromatic rings. The highest BCUT2D eigenvalue weighted by Crippen LogP contribution is 2.20. The Hall–Kier alpha value is -2.54. The van der Waals surface area contributed by atoms with Gasteiger partial charge in [0.15, 0.2) is 5.65 Å². The number of aromatic nitrogens is 5. The molecule has 7 nitrogen and oxygen atoms in total. The maximum atomic E-state index is 4.36. The van der Waals surface area contributed by atoms with E-state index in [0.29, 0.717) is 5.65 Å². The molecule has 1 atom stereocenters. The molecule has 0 amide bonds. The molecule has 0 aliphatic carbocycles. The van der Waals surface area contributed by atoms with Gasteiger partial charge in [-0.05, 0) is 41.2 Å². The van der Waals surface area contributed by atoms with Crippen molar-refractivity contribution in [2.24, 2.45) is 0 Å². The van der Waals surface area contributed by atoms with E-state index in [1.165, 1.54) is 10.2 Å². The molecule has 0 fully saturated rings. The Morgan fingerprint density at radius 2 is 1.87 bits per heavy atom. The second-order valence-electron chi connectivity index (χ2n) is 5.27. The summed E-state index contributed by atoms with van der Waals surface area (Å²) < 4.78 is 1.43. The molecule has 0 saturated carbocycles. The quantitative estimate of drug-likeness (QED) is 0.720. The number of benzene rings is 1. The van der Waals surface area contributed by atoms with Gasteiger partial charge in [-0.1, -0.05) is 44.2 Å². The smallest absolute Gasteiger partial charge is 0.200 e. The number of hydrogen-bond donors (Lipinski definition) is 1. The topological polar surface area (TPSA) is 71.2 Å². The molecule has 2 aromatic heterocycles. The fourth-order valence-corrected chi connectivity index (χ4v) is 2.74. The highest BCUT2D eigenvalue weighted by molar-refractivity contribution is 5.42. The van der Waals surface area contributed by atoms with Gasteiger partial charge in [0.1, 0.15) is 5.82 Å². The van der Waals surface area contributed by atoms with E-state index in [1.807, 2.05) is 18.2 Å². The minimum absolute atomic E-state index is 0.289. The van der Waals surface area contributed by atoms with Crippen molar-refractivity contribution in [3.63, 3.8) is 0 Å². The van der Waals surface area contributed by atoms with Crippen LogP contribution in [0.1, 0.15) is 25.5 Å². The van der Waals surface area contributed by atoms with Crippen LogP contribution in [0.2, 0.25) is 0 Å². The number of tetrazole rings is 1. The Kier molecular flexibility index (Phi) is 4.77. The lowest BCUT2D eigenvalue weighted by Gasteiger charge is -2.30. The van der Waals surface area contributed by atoms with Crippen molar-refractivity contribution >= 4 is 11.5 Å². The number of likely N-dealkylation sites (N-methyl/N-ethyl adjacent to an activating group) is 1. The van der Waals surface area contributed by atoms with Gasteiger partial charge in [-0.2, -0.15) is 0 Å².